The number of carboxylic acid groups (broad SMARTS) is 1. The first kappa shape index (κ1) is 15.2. The van der Waals surface area contributed by atoms with Crippen molar-refractivity contribution in [3.63, 3.8) is 0 Å². The molecule has 0 bridgehead atoms. The number of halogens is 3. The fraction of sp³-hybridized carbons (Fsp3) is 0.429. The van der Waals surface area contributed by atoms with Crippen LogP contribution in [0.25, 0.3) is 0 Å². The van der Waals surface area contributed by atoms with Crippen LogP contribution in [0.1, 0.15) is 24.0 Å². The van der Waals surface area contributed by atoms with Crippen molar-refractivity contribution in [3.05, 3.63) is 29.3 Å². The van der Waals surface area contributed by atoms with Gasteiger partial charge in [0.15, 0.2) is 0 Å². The Bertz CT molecular complexity index is 593. The van der Waals surface area contributed by atoms with E-state index in [4.69, 9.17) is 10.4 Å². The molecule has 0 aliphatic carbocycles. The van der Waals surface area contributed by atoms with Crippen molar-refractivity contribution >= 4 is 11.7 Å². The van der Waals surface area contributed by atoms with Crippen molar-refractivity contribution in [1.82, 2.24) is 0 Å². The number of hydrogen-bond acceptors (Lipinski definition) is 3. The molecule has 1 heterocycles. The molecule has 2 rings (SSSR count). The van der Waals surface area contributed by atoms with Crippen molar-refractivity contribution < 1.29 is 23.1 Å². The van der Waals surface area contributed by atoms with Crippen LogP contribution >= 0.6 is 0 Å². The van der Waals surface area contributed by atoms with Crippen LogP contribution in [0.15, 0.2) is 18.2 Å². The minimum Gasteiger partial charge on any atom is -0.481 e. The van der Waals surface area contributed by atoms with Gasteiger partial charge < -0.3 is 10.0 Å². The Morgan fingerprint density at radius 3 is 2.71 bits per heavy atom. The van der Waals surface area contributed by atoms with E-state index < -0.39 is 23.6 Å². The summed E-state index contributed by atoms with van der Waals surface area (Å²) in [6.07, 6.45) is -3.59. The SMILES string of the molecule is N#Cc1ccc(C(F)(F)F)c(N2CCCC(C(=O)O)C2)c1. The topological polar surface area (TPSA) is 64.3 Å². The summed E-state index contributed by atoms with van der Waals surface area (Å²) in [6, 6.07) is 4.97. The van der Waals surface area contributed by atoms with E-state index in [1.54, 1.807) is 0 Å². The van der Waals surface area contributed by atoms with Crippen LogP contribution in [0.5, 0.6) is 0 Å². The van der Waals surface area contributed by atoms with E-state index in [1.165, 1.54) is 11.0 Å². The number of carboxylic acids is 1. The standard InChI is InChI=1S/C14H13F3N2O2/c15-14(16,17)11-4-3-9(7-18)6-12(11)19-5-1-2-10(8-19)13(20)21/h3-4,6,10H,1-2,5,8H2,(H,20,21). The van der Waals surface area contributed by atoms with Gasteiger partial charge in [0.05, 0.1) is 28.8 Å². The van der Waals surface area contributed by atoms with Crippen LogP contribution in [-0.4, -0.2) is 24.2 Å². The van der Waals surface area contributed by atoms with E-state index in [9.17, 15) is 18.0 Å². The van der Waals surface area contributed by atoms with Gasteiger partial charge in [-0.05, 0) is 31.0 Å². The van der Waals surface area contributed by atoms with Crippen molar-refractivity contribution in [2.75, 3.05) is 18.0 Å². The molecule has 4 nitrogen and oxygen atoms in total. The molecule has 1 aliphatic heterocycles. The number of rotatable bonds is 2. The lowest BCUT2D eigenvalue weighted by Crippen LogP contribution is -2.39. The molecule has 112 valence electrons. The number of aliphatic carboxylic acids is 1. The van der Waals surface area contributed by atoms with Crippen LogP contribution in [0, 0.1) is 17.2 Å². The highest BCUT2D eigenvalue weighted by Gasteiger charge is 2.36. The van der Waals surface area contributed by atoms with Crippen molar-refractivity contribution in [2.24, 2.45) is 5.92 Å². The predicted octanol–water partition coefficient (Wildman–Crippen LogP) is 2.88. The molecule has 1 saturated heterocycles. The lowest BCUT2D eigenvalue weighted by atomic mass is 9.96. The zero-order valence-electron chi connectivity index (χ0n) is 11.0. The van der Waals surface area contributed by atoms with Gasteiger partial charge in [-0.2, -0.15) is 18.4 Å². The molecule has 0 aromatic heterocycles. The summed E-state index contributed by atoms with van der Waals surface area (Å²) in [5.74, 6) is -1.70. The normalized spacial score (nSPS) is 19.1. The zero-order valence-corrected chi connectivity index (χ0v) is 11.0. The molecule has 21 heavy (non-hydrogen) atoms. The third-order valence-electron chi connectivity index (χ3n) is 3.54. The number of benzene rings is 1. The second-order valence-corrected chi connectivity index (χ2v) is 4.96. The average Bonchev–Trinajstić information content (AvgIpc) is 2.45. The van der Waals surface area contributed by atoms with Gasteiger partial charge in [0.1, 0.15) is 0 Å². The number of nitrogens with zero attached hydrogens (tertiary/aromatic N) is 2. The molecular weight excluding hydrogens is 285 g/mol. The van der Waals surface area contributed by atoms with E-state index in [0.717, 1.165) is 12.1 Å². The largest absolute Gasteiger partial charge is 0.481 e. The Morgan fingerprint density at radius 2 is 2.14 bits per heavy atom. The van der Waals surface area contributed by atoms with Crippen molar-refractivity contribution in [2.45, 2.75) is 19.0 Å². The number of carbonyl (C=O) groups is 1. The molecule has 1 aromatic carbocycles. The molecule has 1 atom stereocenters. The van der Waals surface area contributed by atoms with E-state index in [2.05, 4.69) is 0 Å². The third kappa shape index (κ3) is 3.27. The number of nitriles is 1. The Kier molecular flexibility index (Phi) is 4.07. The number of hydrogen-bond donors (Lipinski definition) is 1. The van der Waals surface area contributed by atoms with Gasteiger partial charge in [0.2, 0.25) is 0 Å². The highest BCUT2D eigenvalue weighted by Crippen LogP contribution is 2.38. The Labute approximate surface area is 119 Å². The number of piperidine rings is 1. The first-order valence-corrected chi connectivity index (χ1v) is 6.42. The second kappa shape index (κ2) is 5.64. The zero-order chi connectivity index (χ0) is 15.6. The van der Waals surface area contributed by atoms with Crippen LogP contribution in [-0.2, 0) is 11.0 Å². The molecule has 1 aliphatic rings. The first-order valence-electron chi connectivity index (χ1n) is 6.42. The van der Waals surface area contributed by atoms with Crippen molar-refractivity contribution in [3.8, 4) is 6.07 Å². The van der Waals surface area contributed by atoms with E-state index in [1.807, 2.05) is 6.07 Å². The first-order chi connectivity index (χ1) is 9.82. The highest BCUT2D eigenvalue weighted by atomic mass is 19.4. The summed E-state index contributed by atoms with van der Waals surface area (Å²) in [5, 5.41) is 17.9. The van der Waals surface area contributed by atoms with Crippen LogP contribution in [0.3, 0.4) is 0 Å². The maximum atomic E-state index is 13.1. The van der Waals surface area contributed by atoms with E-state index in [-0.39, 0.29) is 17.8 Å². The molecule has 1 N–H and O–H groups in total. The van der Waals surface area contributed by atoms with Crippen LogP contribution in [0.2, 0.25) is 0 Å². The van der Waals surface area contributed by atoms with E-state index >= 15 is 0 Å². The van der Waals surface area contributed by atoms with Gasteiger partial charge in [-0.3, -0.25) is 4.79 Å². The van der Waals surface area contributed by atoms with E-state index in [0.29, 0.717) is 19.4 Å². The third-order valence-corrected chi connectivity index (χ3v) is 3.54. The fourth-order valence-electron chi connectivity index (χ4n) is 2.50. The lowest BCUT2D eigenvalue weighted by molar-refractivity contribution is -0.141. The summed E-state index contributed by atoms with van der Waals surface area (Å²) < 4.78 is 39.2. The van der Waals surface area contributed by atoms with Gasteiger partial charge in [0.25, 0.3) is 0 Å². The van der Waals surface area contributed by atoms with Gasteiger partial charge in [-0.25, -0.2) is 0 Å². The lowest BCUT2D eigenvalue weighted by Gasteiger charge is -2.34. The Balaban J connectivity index is 2.41. The Morgan fingerprint density at radius 1 is 1.43 bits per heavy atom. The maximum Gasteiger partial charge on any atom is 0.418 e. The minimum atomic E-state index is -4.54. The summed E-state index contributed by atoms with van der Waals surface area (Å²) >= 11 is 0. The predicted molar refractivity (Wildman–Crippen MR) is 68.7 cm³/mol. The molecule has 0 amide bonds. The van der Waals surface area contributed by atoms with Gasteiger partial charge in [-0.1, -0.05) is 0 Å². The van der Waals surface area contributed by atoms with Crippen molar-refractivity contribution in [1.29, 1.82) is 5.26 Å². The summed E-state index contributed by atoms with van der Waals surface area (Å²) in [5.41, 5.74) is -0.838. The summed E-state index contributed by atoms with van der Waals surface area (Å²) in [7, 11) is 0. The summed E-state index contributed by atoms with van der Waals surface area (Å²) in [4.78, 5) is 12.4. The minimum absolute atomic E-state index is 0.0211. The molecule has 0 spiro atoms. The fourth-order valence-corrected chi connectivity index (χ4v) is 2.50. The van der Waals surface area contributed by atoms with Gasteiger partial charge in [-0.15, -0.1) is 0 Å². The number of alkyl halides is 3. The molecule has 0 saturated carbocycles. The van der Waals surface area contributed by atoms with Gasteiger partial charge >= 0.3 is 12.1 Å². The van der Waals surface area contributed by atoms with Gasteiger partial charge in [0, 0.05) is 13.1 Å². The highest BCUT2D eigenvalue weighted by molar-refractivity contribution is 5.72. The smallest absolute Gasteiger partial charge is 0.418 e. The molecular formula is C14H13F3N2O2. The van der Waals surface area contributed by atoms with Crippen LogP contribution < -0.4 is 4.90 Å². The summed E-state index contributed by atoms with van der Waals surface area (Å²) in [6.45, 7) is 0.370. The molecule has 1 unspecified atom stereocenters. The molecule has 1 fully saturated rings. The number of anilines is 1. The monoisotopic (exact) mass is 298 g/mol. The Hall–Kier alpha value is -2.23. The molecule has 0 radical (unpaired) electrons. The maximum absolute atomic E-state index is 13.1. The average molecular weight is 298 g/mol. The van der Waals surface area contributed by atoms with Crippen LogP contribution in [0.4, 0.5) is 18.9 Å². The molecule has 1 aromatic rings. The second-order valence-electron chi connectivity index (χ2n) is 4.96. The quantitative estimate of drug-likeness (QED) is 0.912. The molecule has 7 heteroatoms.